The number of aromatic nitrogens is 2. The lowest BCUT2D eigenvalue weighted by molar-refractivity contribution is -0.870. The third-order valence-electron chi connectivity index (χ3n) is 5.68. The van der Waals surface area contributed by atoms with Crippen LogP contribution in [-0.2, 0) is 0 Å². The third kappa shape index (κ3) is 6.04. The zero-order chi connectivity index (χ0) is 25.2. The predicted octanol–water partition coefficient (Wildman–Crippen LogP) is 5.30. The van der Waals surface area contributed by atoms with Crippen molar-refractivity contribution < 1.29 is 14.0 Å². The number of nitro benzene ring substituents is 1. The number of anilines is 1. The van der Waals surface area contributed by atoms with Gasteiger partial charge in [0.05, 0.1) is 43.3 Å². The van der Waals surface area contributed by atoms with Crippen molar-refractivity contribution in [1.82, 2.24) is 4.98 Å². The normalized spacial score (nSPS) is 14.4. The number of para-hydroxylation sites is 1. The van der Waals surface area contributed by atoms with Crippen LogP contribution >= 0.6 is 23.5 Å². The van der Waals surface area contributed by atoms with Crippen LogP contribution < -0.4 is 9.47 Å². The fourth-order valence-electron chi connectivity index (χ4n) is 3.91. The maximum absolute atomic E-state index is 11.2. The lowest BCUT2D eigenvalue weighted by Crippen LogP contribution is -2.38. The Kier molecular flexibility index (Phi) is 7.49. The van der Waals surface area contributed by atoms with E-state index in [0.29, 0.717) is 0 Å². The quantitative estimate of drug-likeness (QED) is 0.0781. The average Bonchev–Trinajstić information content (AvgIpc) is 3.11. The smallest absolute Gasteiger partial charge is 0.338 e. The molecule has 4 rings (SSSR count). The van der Waals surface area contributed by atoms with Gasteiger partial charge in [0.25, 0.3) is 5.69 Å². The van der Waals surface area contributed by atoms with Crippen LogP contribution in [0.3, 0.4) is 0 Å². The van der Waals surface area contributed by atoms with Crippen molar-refractivity contribution in [3.8, 4) is 5.69 Å². The Hall–Kier alpha value is -2.88. The molecule has 3 aromatic rings. The molecule has 2 heterocycles. The Morgan fingerprint density at radius 1 is 1.17 bits per heavy atom. The summed E-state index contributed by atoms with van der Waals surface area (Å²) in [6, 6.07) is 17.4. The van der Waals surface area contributed by atoms with Gasteiger partial charge in [-0.1, -0.05) is 30.0 Å². The van der Waals surface area contributed by atoms with Crippen LogP contribution in [0.1, 0.15) is 17.8 Å². The molecule has 182 valence electrons. The first-order valence-corrected chi connectivity index (χ1v) is 13.3. The molecule has 0 atom stereocenters. The Balaban J connectivity index is 1.66. The third-order valence-corrected chi connectivity index (χ3v) is 7.85. The monoisotopic (exact) mass is 509 g/mol. The standard InChI is InChI=1S/C26H31N5O2S2/c1-19-16-20(17-25-28(2)23-13-12-22(30(32)33)18-24(23)35-25)27-26(34-15-9-14-31(3,4)5)29(19)21-10-7-6-8-11-21/h6-8,10-13,16-18H,9,14-15H2,1-5H3/q+2. The van der Waals surface area contributed by atoms with E-state index in [0.717, 1.165) is 61.0 Å². The number of rotatable bonds is 8. The van der Waals surface area contributed by atoms with Crippen molar-refractivity contribution in [2.45, 2.75) is 23.4 Å². The minimum absolute atomic E-state index is 0.107. The molecular formula is C26H31N5O2S2+2. The number of thioether (sulfide) groups is 2. The zero-order valence-electron chi connectivity index (χ0n) is 20.8. The van der Waals surface area contributed by atoms with E-state index in [1.165, 1.54) is 11.8 Å². The molecule has 0 radical (unpaired) electrons. The van der Waals surface area contributed by atoms with E-state index in [1.807, 2.05) is 31.3 Å². The number of hydrogen-bond donors (Lipinski definition) is 0. The number of hydrogen-bond acceptors (Lipinski definition) is 6. The van der Waals surface area contributed by atoms with Crippen LogP contribution in [0.25, 0.3) is 11.8 Å². The van der Waals surface area contributed by atoms with E-state index in [9.17, 15) is 10.1 Å². The molecule has 0 amide bonds. The number of quaternary nitrogens is 1. The largest absolute Gasteiger partial charge is 0.365 e. The SMILES string of the molecule is Cc1cc(/C=C2\Sc3cc([N+](=O)[O-])ccc3N2C)nc(SCCC[N+](C)(C)C)[n+]1-c1ccccc1. The maximum Gasteiger partial charge on any atom is 0.365 e. The van der Waals surface area contributed by atoms with Crippen LogP contribution in [0, 0.1) is 17.0 Å². The van der Waals surface area contributed by atoms with Crippen LogP contribution in [0.4, 0.5) is 11.4 Å². The van der Waals surface area contributed by atoms with Gasteiger partial charge in [0.15, 0.2) is 5.69 Å². The summed E-state index contributed by atoms with van der Waals surface area (Å²) < 4.78 is 3.16. The molecule has 9 heteroatoms. The molecule has 7 nitrogen and oxygen atoms in total. The minimum atomic E-state index is -0.352. The number of benzene rings is 2. The van der Waals surface area contributed by atoms with E-state index in [-0.39, 0.29) is 10.6 Å². The molecule has 35 heavy (non-hydrogen) atoms. The van der Waals surface area contributed by atoms with Crippen LogP contribution in [-0.4, -0.2) is 54.9 Å². The van der Waals surface area contributed by atoms with Crippen molar-refractivity contribution in [2.75, 3.05) is 45.4 Å². The van der Waals surface area contributed by atoms with Gasteiger partial charge in [-0.2, -0.15) is 4.57 Å². The van der Waals surface area contributed by atoms with Gasteiger partial charge in [-0.3, -0.25) is 10.1 Å². The summed E-state index contributed by atoms with van der Waals surface area (Å²) in [5.74, 6) is 0.985. The zero-order valence-corrected chi connectivity index (χ0v) is 22.4. The molecular weight excluding hydrogens is 478 g/mol. The van der Waals surface area contributed by atoms with E-state index in [4.69, 9.17) is 4.98 Å². The second kappa shape index (κ2) is 10.4. The fraction of sp³-hybridized carbons (Fsp3) is 0.308. The van der Waals surface area contributed by atoms with Crippen LogP contribution in [0.2, 0.25) is 0 Å². The van der Waals surface area contributed by atoms with Gasteiger partial charge in [-0.05, 0) is 41.9 Å². The van der Waals surface area contributed by atoms with Gasteiger partial charge in [-0.15, -0.1) is 0 Å². The second-order valence-electron chi connectivity index (χ2n) is 9.54. The molecule has 0 saturated heterocycles. The topological polar surface area (TPSA) is 63.2 Å². The predicted molar refractivity (Wildman–Crippen MR) is 144 cm³/mol. The summed E-state index contributed by atoms with van der Waals surface area (Å²) in [6.45, 7) is 3.21. The molecule has 0 bridgehead atoms. The van der Waals surface area contributed by atoms with Gasteiger partial charge in [0, 0.05) is 48.4 Å². The van der Waals surface area contributed by atoms with E-state index < -0.39 is 0 Å². The number of nitro groups is 1. The summed E-state index contributed by atoms with van der Waals surface area (Å²) >= 11 is 3.31. The Morgan fingerprint density at radius 2 is 1.91 bits per heavy atom. The number of fused-ring (bicyclic) bond motifs is 1. The van der Waals surface area contributed by atoms with Crippen molar-refractivity contribution in [2.24, 2.45) is 0 Å². The summed E-state index contributed by atoms with van der Waals surface area (Å²) in [4.78, 5) is 18.8. The number of aryl methyl sites for hydroxylation is 1. The summed E-state index contributed by atoms with van der Waals surface area (Å²) in [6.07, 6.45) is 3.16. The molecule has 0 unspecified atom stereocenters. The number of nitrogens with zero attached hydrogens (tertiary/aromatic N) is 5. The van der Waals surface area contributed by atoms with Gasteiger partial charge in [-0.25, -0.2) is 0 Å². The van der Waals surface area contributed by atoms with E-state index >= 15 is 0 Å². The van der Waals surface area contributed by atoms with Crippen molar-refractivity contribution in [1.29, 1.82) is 0 Å². The first kappa shape index (κ1) is 25.2. The van der Waals surface area contributed by atoms with Crippen molar-refractivity contribution in [3.05, 3.63) is 81.1 Å². The minimum Gasteiger partial charge on any atom is -0.338 e. The van der Waals surface area contributed by atoms with Crippen molar-refractivity contribution in [3.63, 3.8) is 0 Å². The second-order valence-corrected chi connectivity index (χ2v) is 11.7. The highest BCUT2D eigenvalue weighted by molar-refractivity contribution is 8.03. The van der Waals surface area contributed by atoms with E-state index in [2.05, 4.69) is 61.8 Å². The highest BCUT2D eigenvalue weighted by Gasteiger charge is 2.26. The van der Waals surface area contributed by atoms with Crippen LogP contribution in [0.15, 0.2) is 69.7 Å². The Bertz CT molecular complexity index is 1270. The Morgan fingerprint density at radius 3 is 2.60 bits per heavy atom. The molecule has 0 fully saturated rings. The molecule has 0 saturated carbocycles. The number of non-ortho nitro benzene ring substituents is 1. The summed E-state index contributed by atoms with van der Waals surface area (Å²) in [5, 5.41) is 13.1. The van der Waals surface area contributed by atoms with Gasteiger partial charge < -0.3 is 9.38 Å². The Labute approximate surface area is 215 Å². The highest BCUT2D eigenvalue weighted by Crippen LogP contribution is 2.46. The highest BCUT2D eigenvalue weighted by atomic mass is 32.2. The molecule has 0 N–H and O–H groups in total. The summed E-state index contributed by atoms with van der Waals surface area (Å²) in [5.41, 5.74) is 4.15. The average molecular weight is 510 g/mol. The maximum atomic E-state index is 11.2. The van der Waals surface area contributed by atoms with Crippen molar-refractivity contribution >= 4 is 41.0 Å². The fourth-order valence-corrected chi connectivity index (χ4v) is 6.05. The molecule has 1 aliphatic heterocycles. The lowest BCUT2D eigenvalue weighted by atomic mass is 10.2. The molecule has 0 aliphatic carbocycles. The van der Waals surface area contributed by atoms with Crippen LogP contribution in [0.5, 0.6) is 0 Å². The summed E-state index contributed by atoms with van der Waals surface area (Å²) in [7, 11) is 8.63. The first-order chi connectivity index (χ1) is 16.6. The first-order valence-electron chi connectivity index (χ1n) is 11.5. The van der Waals surface area contributed by atoms with E-state index in [1.54, 1.807) is 23.9 Å². The van der Waals surface area contributed by atoms with Gasteiger partial charge in [0.2, 0.25) is 0 Å². The molecule has 1 aromatic heterocycles. The molecule has 2 aromatic carbocycles. The van der Waals surface area contributed by atoms with Gasteiger partial charge >= 0.3 is 5.16 Å². The van der Waals surface area contributed by atoms with Gasteiger partial charge in [0.1, 0.15) is 11.4 Å². The molecule has 1 aliphatic rings. The molecule has 0 spiro atoms. The lowest BCUT2D eigenvalue weighted by Gasteiger charge is -2.23.